The largest absolute Gasteiger partial charge is 0.310 e. The summed E-state index contributed by atoms with van der Waals surface area (Å²) in [5, 5.41) is 7.90. The molecule has 20 heavy (non-hydrogen) atoms. The molecule has 108 valence electrons. The first kappa shape index (κ1) is 16.0. The molecule has 1 N–H and O–H groups in total. The third kappa shape index (κ3) is 4.30. The number of nitrogens with zero attached hydrogens (tertiary/aromatic N) is 2. The second-order valence-electron chi connectivity index (χ2n) is 4.90. The second-order valence-corrected chi connectivity index (χ2v) is 7.00. The fourth-order valence-corrected chi connectivity index (χ4v) is 3.24. The first-order chi connectivity index (χ1) is 9.60. The number of aromatic nitrogens is 2. The van der Waals surface area contributed by atoms with Crippen molar-refractivity contribution in [2.45, 2.75) is 25.8 Å². The zero-order chi connectivity index (χ0) is 14.5. The lowest BCUT2D eigenvalue weighted by Gasteiger charge is -2.20. The quantitative estimate of drug-likeness (QED) is 0.676. The van der Waals surface area contributed by atoms with Crippen molar-refractivity contribution in [2.24, 2.45) is 7.05 Å². The van der Waals surface area contributed by atoms with E-state index in [1.807, 2.05) is 17.9 Å². The van der Waals surface area contributed by atoms with Crippen molar-refractivity contribution in [3.8, 4) is 0 Å². The van der Waals surface area contributed by atoms with Crippen molar-refractivity contribution in [3.05, 3.63) is 49.8 Å². The van der Waals surface area contributed by atoms with Gasteiger partial charge in [0.15, 0.2) is 0 Å². The Morgan fingerprint density at radius 3 is 2.90 bits per heavy atom. The maximum absolute atomic E-state index is 4.26. The summed E-state index contributed by atoms with van der Waals surface area (Å²) in [6.07, 6.45) is 6.11. The molecule has 2 aromatic rings. The number of aryl methyl sites for hydroxylation is 1. The summed E-state index contributed by atoms with van der Waals surface area (Å²) >= 11 is 6.04. The summed E-state index contributed by atoms with van der Waals surface area (Å²) in [5.74, 6) is 0. The number of halogens is 2. The van der Waals surface area contributed by atoms with Crippen LogP contribution in [0.3, 0.4) is 0 Å². The molecule has 1 aromatic heterocycles. The summed E-state index contributed by atoms with van der Waals surface area (Å²) in [5.41, 5.74) is 2.57. The van der Waals surface area contributed by atoms with Gasteiger partial charge in [-0.3, -0.25) is 4.68 Å². The van der Waals surface area contributed by atoms with E-state index in [2.05, 4.69) is 80.3 Å². The summed E-state index contributed by atoms with van der Waals surface area (Å²) < 4.78 is 4.28. The smallest absolute Gasteiger partial charge is 0.0522 e. The SMILES string of the molecule is CCCNC(Cc1cnn(C)c1)c1cc(I)ccc1Br. The number of hydrogen-bond acceptors (Lipinski definition) is 2. The van der Waals surface area contributed by atoms with Crippen LogP contribution in [0.1, 0.15) is 30.5 Å². The third-order valence-corrected chi connectivity index (χ3v) is 4.57. The molecule has 1 atom stereocenters. The van der Waals surface area contributed by atoms with E-state index in [4.69, 9.17) is 0 Å². The maximum Gasteiger partial charge on any atom is 0.0522 e. The Bertz CT molecular complexity index is 568. The minimum Gasteiger partial charge on any atom is -0.310 e. The van der Waals surface area contributed by atoms with E-state index in [1.165, 1.54) is 14.7 Å². The predicted molar refractivity (Wildman–Crippen MR) is 94.8 cm³/mol. The van der Waals surface area contributed by atoms with E-state index in [0.717, 1.165) is 23.9 Å². The molecule has 5 heteroatoms. The lowest BCUT2D eigenvalue weighted by Crippen LogP contribution is -2.24. The van der Waals surface area contributed by atoms with E-state index < -0.39 is 0 Å². The molecule has 0 saturated carbocycles. The van der Waals surface area contributed by atoms with E-state index in [1.54, 1.807) is 0 Å². The van der Waals surface area contributed by atoms with E-state index in [9.17, 15) is 0 Å². The summed E-state index contributed by atoms with van der Waals surface area (Å²) in [4.78, 5) is 0. The van der Waals surface area contributed by atoms with Crippen LogP contribution in [0.4, 0.5) is 0 Å². The van der Waals surface area contributed by atoms with Gasteiger partial charge in [0.05, 0.1) is 6.20 Å². The molecule has 1 aromatic carbocycles. The molecule has 0 spiro atoms. The molecule has 2 rings (SSSR count). The molecule has 0 bridgehead atoms. The number of hydrogen-bond donors (Lipinski definition) is 1. The first-order valence-electron chi connectivity index (χ1n) is 6.76. The van der Waals surface area contributed by atoms with Gasteiger partial charge in [-0.05, 0) is 71.3 Å². The van der Waals surface area contributed by atoms with Gasteiger partial charge >= 0.3 is 0 Å². The standard InChI is InChI=1S/C15H19BrIN3/c1-3-6-18-15(7-11-9-19-20(2)10-11)13-8-12(17)4-5-14(13)16/h4-5,8-10,15,18H,3,6-7H2,1-2H3. The van der Waals surface area contributed by atoms with Gasteiger partial charge in [0.25, 0.3) is 0 Å². The highest BCUT2D eigenvalue weighted by Crippen LogP contribution is 2.28. The zero-order valence-corrected chi connectivity index (χ0v) is 15.5. The van der Waals surface area contributed by atoms with Crippen LogP contribution in [-0.4, -0.2) is 16.3 Å². The molecule has 0 aliphatic heterocycles. The molecule has 0 fully saturated rings. The Morgan fingerprint density at radius 1 is 1.45 bits per heavy atom. The fourth-order valence-electron chi connectivity index (χ4n) is 2.21. The van der Waals surface area contributed by atoms with Crippen LogP contribution in [0.2, 0.25) is 0 Å². The monoisotopic (exact) mass is 447 g/mol. The van der Waals surface area contributed by atoms with Crippen LogP contribution in [-0.2, 0) is 13.5 Å². The predicted octanol–water partition coefficient (Wildman–Crippen LogP) is 4.07. The molecular formula is C15H19BrIN3. The van der Waals surface area contributed by atoms with Crippen LogP contribution in [0.15, 0.2) is 35.1 Å². The average molecular weight is 448 g/mol. The Labute approximate surface area is 142 Å². The highest BCUT2D eigenvalue weighted by Gasteiger charge is 2.15. The molecular weight excluding hydrogens is 429 g/mol. The molecule has 3 nitrogen and oxygen atoms in total. The highest BCUT2D eigenvalue weighted by molar-refractivity contribution is 14.1. The maximum atomic E-state index is 4.26. The van der Waals surface area contributed by atoms with Crippen LogP contribution in [0, 0.1) is 3.57 Å². The summed E-state index contributed by atoms with van der Waals surface area (Å²) in [6, 6.07) is 6.80. The average Bonchev–Trinajstić information content (AvgIpc) is 2.83. The number of rotatable bonds is 6. The molecule has 1 unspecified atom stereocenters. The Hall–Kier alpha value is -0.400. The second kappa shape index (κ2) is 7.56. The molecule has 0 saturated heterocycles. The zero-order valence-electron chi connectivity index (χ0n) is 11.7. The minimum atomic E-state index is 0.309. The summed E-state index contributed by atoms with van der Waals surface area (Å²) in [6.45, 7) is 3.21. The molecule has 0 aliphatic carbocycles. The van der Waals surface area contributed by atoms with Crippen molar-refractivity contribution in [3.63, 3.8) is 0 Å². The third-order valence-electron chi connectivity index (χ3n) is 3.17. The van der Waals surface area contributed by atoms with Gasteiger partial charge in [0.1, 0.15) is 0 Å². The van der Waals surface area contributed by atoms with Gasteiger partial charge in [0.2, 0.25) is 0 Å². The van der Waals surface area contributed by atoms with E-state index in [0.29, 0.717) is 6.04 Å². The topological polar surface area (TPSA) is 29.9 Å². The first-order valence-corrected chi connectivity index (χ1v) is 8.63. The lowest BCUT2D eigenvalue weighted by molar-refractivity contribution is 0.527. The van der Waals surface area contributed by atoms with Gasteiger partial charge in [-0.25, -0.2) is 0 Å². The van der Waals surface area contributed by atoms with E-state index >= 15 is 0 Å². The van der Waals surface area contributed by atoms with Crippen molar-refractivity contribution in [1.82, 2.24) is 15.1 Å². The van der Waals surface area contributed by atoms with Crippen molar-refractivity contribution in [1.29, 1.82) is 0 Å². The van der Waals surface area contributed by atoms with Crippen LogP contribution in [0.5, 0.6) is 0 Å². The molecule has 0 aliphatic rings. The molecule has 0 amide bonds. The van der Waals surface area contributed by atoms with Crippen molar-refractivity contribution >= 4 is 38.5 Å². The Kier molecular flexibility index (Phi) is 6.04. The van der Waals surface area contributed by atoms with Crippen molar-refractivity contribution in [2.75, 3.05) is 6.54 Å². The Balaban J connectivity index is 2.24. The fraction of sp³-hybridized carbons (Fsp3) is 0.400. The van der Waals surface area contributed by atoms with Gasteiger partial charge < -0.3 is 5.32 Å². The highest BCUT2D eigenvalue weighted by atomic mass is 127. The van der Waals surface area contributed by atoms with Gasteiger partial charge in [-0.15, -0.1) is 0 Å². The van der Waals surface area contributed by atoms with Crippen LogP contribution >= 0.6 is 38.5 Å². The summed E-state index contributed by atoms with van der Waals surface area (Å²) in [7, 11) is 1.96. The normalized spacial score (nSPS) is 12.6. The van der Waals surface area contributed by atoms with Crippen LogP contribution in [0.25, 0.3) is 0 Å². The minimum absolute atomic E-state index is 0.309. The van der Waals surface area contributed by atoms with Crippen molar-refractivity contribution < 1.29 is 0 Å². The molecule has 1 heterocycles. The van der Waals surface area contributed by atoms with Gasteiger partial charge in [-0.2, -0.15) is 5.10 Å². The Morgan fingerprint density at radius 2 is 2.25 bits per heavy atom. The molecule has 0 radical (unpaired) electrons. The van der Waals surface area contributed by atoms with Gasteiger partial charge in [-0.1, -0.05) is 22.9 Å². The number of benzene rings is 1. The number of nitrogens with one attached hydrogen (secondary N) is 1. The van der Waals surface area contributed by atoms with Gasteiger partial charge in [0, 0.05) is 27.3 Å². The van der Waals surface area contributed by atoms with E-state index in [-0.39, 0.29) is 0 Å². The lowest BCUT2D eigenvalue weighted by atomic mass is 10.0. The van der Waals surface area contributed by atoms with Crippen LogP contribution < -0.4 is 5.32 Å².